The molecule has 0 aliphatic carbocycles. The Morgan fingerprint density at radius 1 is 1.31 bits per heavy atom. The van der Waals surface area contributed by atoms with Crippen molar-refractivity contribution in [1.82, 2.24) is 9.46 Å². The number of aliphatic hydroxyl groups excluding tert-OH is 1. The highest BCUT2D eigenvalue weighted by Gasteiger charge is 2.39. The fraction of sp³-hybridized carbons (Fsp3) is 0.412. The van der Waals surface area contributed by atoms with Crippen molar-refractivity contribution in [2.45, 2.75) is 31.3 Å². The minimum absolute atomic E-state index is 0.0678. The van der Waals surface area contributed by atoms with E-state index in [2.05, 4.69) is 5.16 Å². The molecule has 1 aliphatic heterocycles. The number of aliphatic carboxylic acids is 1. The largest absolute Gasteiger partial charge is 0.481 e. The summed E-state index contributed by atoms with van der Waals surface area (Å²) in [5.41, 5.74) is 1.80. The molecule has 3 rings (SSSR count). The van der Waals surface area contributed by atoms with Crippen molar-refractivity contribution in [3.05, 3.63) is 35.5 Å². The zero-order valence-corrected chi connectivity index (χ0v) is 15.2. The van der Waals surface area contributed by atoms with Gasteiger partial charge in [-0.25, -0.2) is 8.42 Å². The van der Waals surface area contributed by atoms with Crippen molar-refractivity contribution in [2.75, 3.05) is 13.1 Å². The normalized spacial score (nSPS) is 21.7. The van der Waals surface area contributed by atoms with Crippen LogP contribution in [0.3, 0.4) is 0 Å². The van der Waals surface area contributed by atoms with E-state index in [-0.39, 0.29) is 24.4 Å². The van der Waals surface area contributed by atoms with Crippen molar-refractivity contribution in [1.29, 1.82) is 0 Å². The second kappa shape index (κ2) is 6.82. The fourth-order valence-electron chi connectivity index (χ4n) is 3.04. The highest BCUT2D eigenvalue weighted by atomic mass is 32.2. The first kappa shape index (κ1) is 18.6. The number of aliphatic hydroxyl groups is 1. The Hall–Kier alpha value is -2.23. The molecule has 0 bridgehead atoms. The zero-order chi connectivity index (χ0) is 19.1. The summed E-state index contributed by atoms with van der Waals surface area (Å²) in [5, 5.41) is 22.8. The van der Waals surface area contributed by atoms with Gasteiger partial charge in [0, 0.05) is 24.7 Å². The van der Waals surface area contributed by atoms with Gasteiger partial charge >= 0.3 is 5.97 Å². The molecule has 1 aromatic carbocycles. The van der Waals surface area contributed by atoms with Crippen LogP contribution in [0.5, 0.6) is 0 Å². The maximum Gasteiger partial charge on any atom is 0.310 e. The first-order valence-corrected chi connectivity index (χ1v) is 9.59. The lowest BCUT2D eigenvalue weighted by Gasteiger charge is -2.33. The lowest BCUT2D eigenvalue weighted by molar-refractivity contribution is -0.147. The van der Waals surface area contributed by atoms with Crippen LogP contribution in [0, 0.1) is 19.8 Å². The summed E-state index contributed by atoms with van der Waals surface area (Å²) < 4.78 is 32.5. The molecule has 1 fully saturated rings. The Kier molecular flexibility index (Phi) is 4.87. The van der Waals surface area contributed by atoms with Gasteiger partial charge in [-0.15, -0.1) is 0 Å². The number of aryl methyl sites for hydroxylation is 2. The molecule has 2 heterocycles. The second-order valence-corrected chi connectivity index (χ2v) is 8.38. The van der Waals surface area contributed by atoms with Gasteiger partial charge in [0.25, 0.3) is 0 Å². The third-order valence-corrected chi connectivity index (χ3v) is 6.58. The van der Waals surface area contributed by atoms with E-state index in [9.17, 15) is 23.4 Å². The van der Waals surface area contributed by atoms with Crippen molar-refractivity contribution in [3.63, 3.8) is 0 Å². The average Bonchev–Trinajstić information content (AvgIpc) is 3.01. The fourth-order valence-corrected chi connectivity index (χ4v) is 4.77. The summed E-state index contributed by atoms with van der Waals surface area (Å²) in [6, 6.07) is 6.63. The van der Waals surface area contributed by atoms with E-state index in [1.165, 1.54) is 6.07 Å². The van der Waals surface area contributed by atoms with Crippen molar-refractivity contribution in [2.24, 2.45) is 5.92 Å². The predicted molar refractivity (Wildman–Crippen MR) is 91.9 cm³/mol. The molecule has 0 saturated carbocycles. The quantitative estimate of drug-likeness (QED) is 0.822. The molecular weight excluding hydrogens is 360 g/mol. The molecule has 0 radical (unpaired) electrons. The van der Waals surface area contributed by atoms with Crippen LogP contribution in [0.25, 0.3) is 11.3 Å². The number of carboxylic acids is 1. The Balaban J connectivity index is 1.98. The smallest absolute Gasteiger partial charge is 0.310 e. The van der Waals surface area contributed by atoms with Gasteiger partial charge in [0.15, 0.2) is 5.76 Å². The van der Waals surface area contributed by atoms with E-state index in [0.717, 1.165) is 4.31 Å². The third-order valence-electron chi connectivity index (χ3n) is 4.57. The third kappa shape index (κ3) is 3.37. The van der Waals surface area contributed by atoms with Gasteiger partial charge in [-0.1, -0.05) is 17.3 Å². The summed E-state index contributed by atoms with van der Waals surface area (Å²) in [4.78, 5) is 11.4. The predicted octanol–water partition coefficient (Wildman–Crippen LogP) is 1.41. The molecule has 8 nitrogen and oxygen atoms in total. The lowest BCUT2D eigenvalue weighted by Crippen LogP contribution is -2.48. The number of nitrogens with zero attached hydrogens (tertiary/aromatic N) is 2. The molecule has 2 atom stereocenters. The van der Waals surface area contributed by atoms with Crippen LogP contribution >= 0.6 is 0 Å². The van der Waals surface area contributed by atoms with Crippen molar-refractivity contribution >= 4 is 16.0 Å². The molecule has 1 saturated heterocycles. The van der Waals surface area contributed by atoms with E-state index in [4.69, 9.17) is 4.52 Å². The Labute approximate surface area is 151 Å². The SMILES string of the molecule is Cc1cc(-c2ccc(C)c(S(=O)(=O)N3CC[C@@H](O)[C@@H](C(=O)O)C3)c2)on1. The first-order valence-electron chi connectivity index (χ1n) is 8.15. The minimum Gasteiger partial charge on any atom is -0.481 e. The molecule has 0 unspecified atom stereocenters. The number of hydrogen-bond acceptors (Lipinski definition) is 6. The van der Waals surface area contributed by atoms with E-state index < -0.39 is 28.0 Å². The Morgan fingerprint density at radius 2 is 2.04 bits per heavy atom. The number of rotatable bonds is 4. The van der Waals surface area contributed by atoms with Crippen LogP contribution in [0.15, 0.2) is 33.7 Å². The van der Waals surface area contributed by atoms with Crippen LogP contribution in [0.2, 0.25) is 0 Å². The second-order valence-electron chi connectivity index (χ2n) is 6.48. The maximum atomic E-state index is 13.1. The highest BCUT2D eigenvalue weighted by Crippen LogP contribution is 2.30. The number of benzene rings is 1. The van der Waals surface area contributed by atoms with Crippen molar-refractivity contribution < 1.29 is 27.9 Å². The summed E-state index contributed by atoms with van der Waals surface area (Å²) in [6.45, 7) is 3.25. The van der Waals surface area contributed by atoms with Gasteiger partial charge in [0.1, 0.15) is 0 Å². The number of sulfonamides is 1. The van der Waals surface area contributed by atoms with Crippen LogP contribution in [-0.2, 0) is 14.8 Å². The molecule has 26 heavy (non-hydrogen) atoms. The molecular formula is C17H20N2O6S. The molecule has 1 aliphatic rings. The van der Waals surface area contributed by atoms with Crippen molar-refractivity contribution in [3.8, 4) is 11.3 Å². The van der Waals surface area contributed by atoms with Gasteiger partial charge < -0.3 is 14.7 Å². The number of carbonyl (C=O) groups is 1. The number of piperidine rings is 1. The van der Waals surface area contributed by atoms with Gasteiger partial charge in [0.05, 0.1) is 22.6 Å². The first-order chi connectivity index (χ1) is 12.2. The number of aromatic nitrogens is 1. The number of hydrogen-bond donors (Lipinski definition) is 2. The average molecular weight is 380 g/mol. The Bertz CT molecular complexity index is 936. The molecule has 0 spiro atoms. The monoisotopic (exact) mass is 380 g/mol. The van der Waals surface area contributed by atoms with E-state index in [0.29, 0.717) is 22.6 Å². The summed E-state index contributed by atoms with van der Waals surface area (Å²) in [6.07, 6.45) is -0.973. The minimum atomic E-state index is -3.91. The van der Waals surface area contributed by atoms with Crippen LogP contribution < -0.4 is 0 Å². The molecule has 140 valence electrons. The number of carboxylic acid groups (broad SMARTS) is 1. The van der Waals surface area contributed by atoms with Gasteiger partial charge in [-0.05, 0) is 31.9 Å². The molecule has 2 N–H and O–H groups in total. The maximum absolute atomic E-state index is 13.1. The Morgan fingerprint density at radius 3 is 2.65 bits per heavy atom. The van der Waals surface area contributed by atoms with Gasteiger partial charge in [0.2, 0.25) is 10.0 Å². The lowest BCUT2D eigenvalue weighted by atomic mass is 9.96. The zero-order valence-electron chi connectivity index (χ0n) is 14.4. The van der Waals surface area contributed by atoms with Gasteiger partial charge in [-0.2, -0.15) is 4.31 Å². The standard InChI is InChI=1S/C17H20N2O6S/c1-10-3-4-12(15-7-11(2)18-25-15)8-16(10)26(23,24)19-6-5-14(20)13(9-19)17(21)22/h3-4,7-8,13-14,20H,5-6,9H2,1-2H3,(H,21,22)/t13-,14+/m0/s1. The molecule has 2 aromatic rings. The van der Waals surface area contributed by atoms with Crippen LogP contribution in [-0.4, -0.2) is 53.3 Å². The van der Waals surface area contributed by atoms with E-state index >= 15 is 0 Å². The summed E-state index contributed by atoms with van der Waals surface area (Å²) >= 11 is 0. The van der Waals surface area contributed by atoms with E-state index in [1.54, 1.807) is 32.0 Å². The molecule has 9 heteroatoms. The van der Waals surface area contributed by atoms with Gasteiger partial charge in [-0.3, -0.25) is 4.79 Å². The molecule has 0 amide bonds. The summed E-state index contributed by atoms with van der Waals surface area (Å²) in [5.74, 6) is -1.89. The molecule has 1 aromatic heterocycles. The summed E-state index contributed by atoms with van der Waals surface area (Å²) in [7, 11) is -3.91. The van der Waals surface area contributed by atoms with E-state index in [1.807, 2.05) is 0 Å². The topological polar surface area (TPSA) is 121 Å². The van der Waals surface area contributed by atoms with Crippen LogP contribution in [0.1, 0.15) is 17.7 Å². The van der Waals surface area contributed by atoms with Crippen LogP contribution in [0.4, 0.5) is 0 Å². The highest BCUT2D eigenvalue weighted by molar-refractivity contribution is 7.89.